The molecule has 2 saturated heterocycles. The molecule has 1 aromatic heterocycles. The van der Waals surface area contributed by atoms with Crippen molar-refractivity contribution in [3.05, 3.63) is 60.3 Å². The molecule has 3 N–H and O–H groups in total. The van der Waals surface area contributed by atoms with Crippen LogP contribution in [0.2, 0.25) is 0 Å². The molecular weight excluding hydrogens is 506 g/mol. The van der Waals surface area contributed by atoms with Crippen LogP contribution in [0, 0.1) is 12.8 Å². The summed E-state index contributed by atoms with van der Waals surface area (Å²) in [7, 11) is 1.86. The smallest absolute Gasteiger partial charge is 0.257 e. The average Bonchev–Trinajstić information content (AvgIpc) is 3.58. The van der Waals surface area contributed by atoms with E-state index >= 15 is 0 Å². The minimum atomic E-state index is -0.291. The second-order valence-electron chi connectivity index (χ2n) is 9.58. The summed E-state index contributed by atoms with van der Waals surface area (Å²) in [5.41, 5.74) is 7.78. The molecule has 3 amide bonds. The largest absolute Gasteiger partial charge is 0.369 e. The van der Waals surface area contributed by atoms with E-state index in [1.165, 1.54) is 0 Å². The molecule has 0 atom stereocenters. The maximum Gasteiger partial charge on any atom is 0.257 e. The number of carbonyl (C=O) groups excluding carboxylic acids is 3. The van der Waals surface area contributed by atoms with Crippen molar-refractivity contribution in [2.24, 2.45) is 17.8 Å². The van der Waals surface area contributed by atoms with Crippen LogP contribution in [-0.4, -0.2) is 69.4 Å². The molecule has 0 unspecified atom stereocenters. The average molecular weight is 544 g/mol. The number of fused-ring (bicyclic) bond motifs is 1. The number of benzene rings is 2. The lowest BCUT2D eigenvalue weighted by atomic mass is 10.2. The number of carbonyl (C=O) groups is 3. The fourth-order valence-electron chi connectivity index (χ4n) is 4.58. The van der Waals surface area contributed by atoms with Gasteiger partial charge in [0.2, 0.25) is 17.8 Å². The van der Waals surface area contributed by atoms with Crippen LogP contribution in [0.15, 0.2) is 59.7 Å². The monoisotopic (exact) mass is 543 g/mol. The van der Waals surface area contributed by atoms with Gasteiger partial charge in [0.1, 0.15) is 0 Å². The molecule has 3 heterocycles. The maximum absolute atomic E-state index is 12.0. The third-order valence-corrected chi connectivity index (χ3v) is 6.59. The third-order valence-electron chi connectivity index (χ3n) is 6.59. The highest BCUT2D eigenvalue weighted by atomic mass is 16.2. The van der Waals surface area contributed by atoms with Crippen molar-refractivity contribution in [1.82, 2.24) is 24.9 Å². The van der Waals surface area contributed by atoms with Gasteiger partial charge >= 0.3 is 0 Å². The minimum Gasteiger partial charge on any atom is -0.369 e. The minimum absolute atomic E-state index is 0.0455. The van der Waals surface area contributed by atoms with E-state index in [1.54, 1.807) is 33.8 Å². The predicted octanol–water partition coefficient (Wildman–Crippen LogP) is 3.21. The van der Waals surface area contributed by atoms with Gasteiger partial charge in [-0.1, -0.05) is 24.6 Å². The second kappa shape index (κ2) is 15.1. The number of nitrogens with zero attached hydrogens (tertiary/aromatic N) is 5. The number of hydrogen-bond donors (Lipinski definition) is 2. The molecule has 5 rings (SSSR count). The van der Waals surface area contributed by atoms with Crippen LogP contribution < -0.4 is 11.1 Å². The van der Waals surface area contributed by atoms with Crippen LogP contribution >= 0.6 is 0 Å². The Labute approximate surface area is 235 Å². The molecule has 0 radical (unpaired) electrons. The summed E-state index contributed by atoms with van der Waals surface area (Å²) in [6.07, 6.45) is 15.9. The number of nitrogens with one attached hydrogen (secondary N) is 1. The molecule has 2 aliphatic rings. The van der Waals surface area contributed by atoms with Gasteiger partial charge in [-0.15, -0.1) is 12.8 Å². The van der Waals surface area contributed by atoms with Crippen LogP contribution in [0.5, 0.6) is 0 Å². The highest BCUT2D eigenvalue weighted by Crippen LogP contribution is 2.19. The number of likely N-dealkylation sites (tertiary alicyclic amines) is 2. The van der Waals surface area contributed by atoms with Gasteiger partial charge in [0.15, 0.2) is 0 Å². The summed E-state index contributed by atoms with van der Waals surface area (Å²) in [6, 6.07) is 14.4. The Hall–Kier alpha value is -4.65. The van der Waals surface area contributed by atoms with Gasteiger partial charge in [-0.05, 0) is 56.0 Å². The topological polar surface area (TPSA) is 126 Å². The fraction of sp³-hybridized carbons (Fsp3) is 0.367. The van der Waals surface area contributed by atoms with Crippen molar-refractivity contribution < 1.29 is 14.4 Å². The number of amides is 3. The summed E-state index contributed by atoms with van der Waals surface area (Å²) >= 11 is 0. The van der Waals surface area contributed by atoms with Crippen LogP contribution in [0.25, 0.3) is 10.9 Å². The molecule has 10 nitrogen and oxygen atoms in total. The third kappa shape index (κ3) is 8.70. The highest BCUT2D eigenvalue weighted by Gasteiger charge is 2.23. The van der Waals surface area contributed by atoms with Crippen molar-refractivity contribution in [3.8, 4) is 12.8 Å². The van der Waals surface area contributed by atoms with Gasteiger partial charge in [0.05, 0.1) is 17.7 Å². The maximum atomic E-state index is 12.0. The number of rotatable bonds is 4. The van der Waals surface area contributed by atoms with E-state index in [-0.39, 0.29) is 23.7 Å². The highest BCUT2D eigenvalue weighted by molar-refractivity contribution is 6.05. The van der Waals surface area contributed by atoms with Gasteiger partial charge in [0.25, 0.3) is 5.91 Å². The summed E-state index contributed by atoms with van der Waals surface area (Å²) in [5.74, 6) is 0.0442. The Kier molecular flexibility index (Phi) is 11.3. The Morgan fingerprint density at radius 1 is 1.00 bits per heavy atom. The van der Waals surface area contributed by atoms with Crippen LogP contribution in [0.4, 0.5) is 5.69 Å². The summed E-state index contributed by atoms with van der Waals surface area (Å²) in [6.45, 7) is 2.82. The van der Waals surface area contributed by atoms with Crippen molar-refractivity contribution in [2.75, 3.05) is 26.2 Å². The number of aliphatic imine (C=N–C) groups is 1. The van der Waals surface area contributed by atoms with E-state index in [2.05, 4.69) is 28.3 Å². The molecule has 0 spiro atoms. The van der Waals surface area contributed by atoms with Crippen LogP contribution in [0.3, 0.4) is 0 Å². The molecule has 3 aromatic rings. The van der Waals surface area contributed by atoms with Gasteiger partial charge in [-0.2, -0.15) is 5.10 Å². The van der Waals surface area contributed by atoms with E-state index in [0.29, 0.717) is 24.2 Å². The first-order valence-electron chi connectivity index (χ1n) is 13.4. The first-order chi connectivity index (χ1) is 19.4. The predicted molar refractivity (Wildman–Crippen MR) is 157 cm³/mol. The van der Waals surface area contributed by atoms with E-state index in [1.807, 2.05) is 42.4 Å². The number of guanidine groups is 1. The Morgan fingerprint density at radius 2 is 1.70 bits per heavy atom. The zero-order valence-electron chi connectivity index (χ0n) is 23.0. The normalized spacial score (nSPS) is 15.4. The lowest BCUT2D eigenvalue weighted by molar-refractivity contribution is -0.139. The first kappa shape index (κ1) is 29.9. The quantitative estimate of drug-likeness (QED) is 0.297. The zero-order chi connectivity index (χ0) is 28.9. The Morgan fingerprint density at radius 3 is 2.42 bits per heavy atom. The van der Waals surface area contributed by atoms with Gasteiger partial charge in [-0.3, -0.25) is 24.4 Å². The fourth-order valence-corrected chi connectivity index (χ4v) is 4.58. The molecule has 210 valence electrons. The van der Waals surface area contributed by atoms with Gasteiger partial charge in [-0.25, -0.2) is 4.99 Å². The second-order valence-corrected chi connectivity index (χ2v) is 9.58. The molecule has 2 fully saturated rings. The van der Waals surface area contributed by atoms with E-state index in [9.17, 15) is 14.4 Å². The lowest BCUT2D eigenvalue weighted by Gasteiger charge is -2.23. The lowest BCUT2D eigenvalue weighted by Crippen LogP contribution is -2.41. The number of hydrogen-bond acceptors (Lipinski definition) is 5. The summed E-state index contributed by atoms with van der Waals surface area (Å²) in [5, 5.41) is 7.89. The molecule has 0 aliphatic carbocycles. The first-order valence-corrected chi connectivity index (χ1v) is 13.4. The zero-order valence-corrected chi connectivity index (χ0v) is 23.0. The van der Waals surface area contributed by atoms with Crippen molar-refractivity contribution >= 4 is 40.3 Å². The van der Waals surface area contributed by atoms with Gasteiger partial charge < -0.3 is 15.5 Å². The van der Waals surface area contributed by atoms with Crippen molar-refractivity contribution in [2.45, 2.75) is 38.5 Å². The molecule has 2 aromatic carbocycles. The Balaban J connectivity index is 0.000000217. The molecular formula is C30H37N7O3. The molecule has 0 bridgehead atoms. The molecule has 10 heteroatoms. The van der Waals surface area contributed by atoms with Crippen molar-refractivity contribution in [3.63, 3.8) is 0 Å². The summed E-state index contributed by atoms with van der Waals surface area (Å²) in [4.78, 5) is 43.4. The SMILES string of the molecule is C#C.Cn1cc2ccc(N=C(N)NC(=O)c3ccccc3)cc2n1.O=C(CN1CCCCCC1=O)N1CCCC1. The molecule has 40 heavy (non-hydrogen) atoms. The van der Waals surface area contributed by atoms with E-state index in [4.69, 9.17) is 5.73 Å². The molecule has 0 saturated carbocycles. The van der Waals surface area contributed by atoms with E-state index < -0.39 is 0 Å². The van der Waals surface area contributed by atoms with Gasteiger partial charge in [0, 0.05) is 50.2 Å². The number of nitrogens with two attached hydrogens (primary N) is 1. The standard InChI is InChI=1S/C16H15N5O.C12H20N2O2.C2H2/c1-21-10-12-7-8-13(9-14(12)20-21)18-16(17)19-15(22)11-5-3-2-4-6-11;15-11-6-2-1-3-9-14(11)10-12(16)13-7-4-5-8-13;1-2/h2-10H,1H3,(H3,17,18,19,22);1-10H2;1-2H. The number of terminal acetylenes is 1. The number of aryl methyl sites for hydroxylation is 1. The van der Waals surface area contributed by atoms with Crippen molar-refractivity contribution in [1.29, 1.82) is 0 Å². The van der Waals surface area contributed by atoms with Crippen LogP contribution in [-0.2, 0) is 16.6 Å². The number of aromatic nitrogens is 2. The van der Waals surface area contributed by atoms with E-state index in [0.717, 1.165) is 62.6 Å². The summed E-state index contributed by atoms with van der Waals surface area (Å²) < 4.78 is 1.73. The molecule has 2 aliphatic heterocycles. The van der Waals surface area contributed by atoms with Crippen LogP contribution in [0.1, 0.15) is 48.9 Å². The Bertz CT molecular complexity index is 1340.